The van der Waals surface area contributed by atoms with Gasteiger partial charge in [0.1, 0.15) is 0 Å². The van der Waals surface area contributed by atoms with Crippen molar-refractivity contribution in [2.24, 2.45) is 11.7 Å². The quantitative estimate of drug-likeness (QED) is 0.815. The Kier molecular flexibility index (Phi) is 4.06. The molecule has 1 aromatic rings. The van der Waals surface area contributed by atoms with E-state index < -0.39 is 0 Å². The third-order valence-corrected chi connectivity index (χ3v) is 4.90. The SMILES string of the molecule is CCC1CCCCC1(N)c1ccc(C(C)(C)C)cc1. The fourth-order valence-electron chi connectivity index (χ4n) is 3.50. The molecule has 1 aromatic carbocycles. The van der Waals surface area contributed by atoms with Crippen LogP contribution in [0.25, 0.3) is 0 Å². The summed E-state index contributed by atoms with van der Waals surface area (Å²) in [5.41, 5.74) is 9.65. The molecule has 2 N–H and O–H groups in total. The lowest BCUT2D eigenvalue weighted by molar-refractivity contribution is 0.184. The van der Waals surface area contributed by atoms with Gasteiger partial charge in [-0.15, -0.1) is 0 Å². The molecule has 1 nitrogen and oxygen atoms in total. The number of benzene rings is 1. The van der Waals surface area contributed by atoms with E-state index in [2.05, 4.69) is 52.0 Å². The van der Waals surface area contributed by atoms with Gasteiger partial charge < -0.3 is 5.73 Å². The standard InChI is InChI=1S/C18H29N/c1-5-14-8-6-7-13-18(14,19)16-11-9-15(10-12-16)17(2,3)4/h9-12,14H,5-8,13,19H2,1-4H3. The predicted molar refractivity (Wildman–Crippen MR) is 83.3 cm³/mol. The topological polar surface area (TPSA) is 26.0 Å². The lowest BCUT2D eigenvalue weighted by atomic mass is 9.68. The first-order valence-electron chi connectivity index (χ1n) is 7.78. The van der Waals surface area contributed by atoms with Gasteiger partial charge in [0, 0.05) is 5.54 Å². The van der Waals surface area contributed by atoms with E-state index in [1.807, 2.05) is 0 Å². The van der Waals surface area contributed by atoms with E-state index in [0.717, 1.165) is 6.42 Å². The minimum Gasteiger partial charge on any atom is -0.321 e. The van der Waals surface area contributed by atoms with Crippen molar-refractivity contribution in [1.82, 2.24) is 0 Å². The van der Waals surface area contributed by atoms with Gasteiger partial charge in [0.15, 0.2) is 0 Å². The summed E-state index contributed by atoms with van der Waals surface area (Å²) in [7, 11) is 0. The molecule has 2 atom stereocenters. The fourth-order valence-corrected chi connectivity index (χ4v) is 3.50. The summed E-state index contributed by atoms with van der Waals surface area (Å²) < 4.78 is 0. The number of nitrogens with two attached hydrogens (primary N) is 1. The lowest BCUT2D eigenvalue weighted by Gasteiger charge is -2.41. The Morgan fingerprint density at radius 2 is 1.79 bits per heavy atom. The molecule has 0 spiro atoms. The lowest BCUT2D eigenvalue weighted by Crippen LogP contribution is -2.46. The van der Waals surface area contributed by atoms with Gasteiger partial charge in [-0.3, -0.25) is 0 Å². The van der Waals surface area contributed by atoms with E-state index in [1.165, 1.54) is 36.8 Å². The predicted octanol–water partition coefficient (Wildman–Crippen LogP) is 4.74. The summed E-state index contributed by atoms with van der Waals surface area (Å²) in [6.45, 7) is 9.06. The minimum absolute atomic E-state index is 0.0938. The number of hydrogen-bond donors (Lipinski definition) is 1. The zero-order chi connectivity index (χ0) is 14.1. The fraction of sp³-hybridized carbons (Fsp3) is 0.667. The third kappa shape index (κ3) is 2.86. The summed E-state index contributed by atoms with van der Waals surface area (Å²) in [6.07, 6.45) is 6.23. The van der Waals surface area contributed by atoms with Gasteiger partial charge in [-0.2, -0.15) is 0 Å². The largest absolute Gasteiger partial charge is 0.321 e. The number of hydrogen-bond acceptors (Lipinski definition) is 1. The van der Waals surface area contributed by atoms with Crippen LogP contribution >= 0.6 is 0 Å². The first-order valence-corrected chi connectivity index (χ1v) is 7.78. The van der Waals surface area contributed by atoms with Crippen molar-refractivity contribution in [3.63, 3.8) is 0 Å². The summed E-state index contributed by atoms with van der Waals surface area (Å²) in [5.74, 6) is 0.640. The molecule has 2 rings (SSSR count). The Bertz CT molecular complexity index is 412. The van der Waals surface area contributed by atoms with E-state index in [9.17, 15) is 0 Å². The Hall–Kier alpha value is -0.820. The molecule has 0 aromatic heterocycles. The van der Waals surface area contributed by atoms with E-state index >= 15 is 0 Å². The van der Waals surface area contributed by atoms with Crippen LogP contribution in [-0.2, 0) is 11.0 Å². The smallest absolute Gasteiger partial charge is 0.0438 e. The first-order chi connectivity index (χ1) is 8.88. The van der Waals surface area contributed by atoms with Crippen LogP contribution < -0.4 is 5.73 Å². The van der Waals surface area contributed by atoms with E-state index in [4.69, 9.17) is 5.73 Å². The molecule has 0 aliphatic heterocycles. The number of rotatable bonds is 2. The van der Waals surface area contributed by atoms with Gasteiger partial charge >= 0.3 is 0 Å². The summed E-state index contributed by atoms with van der Waals surface area (Å²) in [4.78, 5) is 0. The van der Waals surface area contributed by atoms with Crippen LogP contribution in [0.4, 0.5) is 0 Å². The second-order valence-electron chi connectivity index (χ2n) is 7.22. The average molecular weight is 259 g/mol. The van der Waals surface area contributed by atoms with E-state index in [-0.39, 0.29) is 11.0 Å². The maximum atomic E-state index is 6.79. The van der Waals surface area contributed by atoms with Crippen molar-refractivity contribution in [2.75, 3.05) is 0 Å². The van der Waals surface area contributed by atoms with Crippen LogP contribution in [0, 0.1) is 5.92 Å². The highest BCUT2D eigenvalue weighted by Crippen LogP contribution is 2.41. The average Bonchev–Trinajstić information content (AvgIpc) is 2.38. The summed E-state index contributed by atoms with van der Waals surface area (Å²) in [6, 6.07) is 9.08. The zero-order valence-corrected chi connectivity index (χ0v) is 13.0. The zero-order valence-electron chi connectivity index (χ0n) is 13.0. The molecule has 1 heteroatoms. The van der Waals surface area contributed by atoms with Crippen LogP contribution in [-0.4, -0.2) is 0 Å². The van der Waals surface area contributed by atoms with Gasteiger partial charge in [0.25, 0.3) is 0 Å². The Balaban J connectivity index is 2.30. The maximum absolute atomic E-state index is 6.79. The summed E-state index contributed by atoms with van der Waals surface area (Å²) >= 11 is 0. The monoisotopic (exact) mass is 259 g/mol. The van der Waals surface area contributed by atoms with E-state index in [0.29, 0.717) is 5.92 Å². The van der Waals surface area contributed by atoms with Crippen molar-refractivity contribution in [3.8, 4) is 0 Å². The van der Waals surface area contributed by atoms with Gasteiger partial charge in [0.2, 0.25) is 0 Å². The van der Waals surface area contributed by atoms with Crippen molar-refractivity contribution < 1.29 is 0 Å². The van der Waals surface area contributed by atoms with Crippen LogP contribution in [0.5, 0.6) is 0 Å². The maximum Gasteiger partial charge on any atom is 0.0438 e. The third-order valence-electron chi connectivity index (χ3n) is 4.90. The normalized spacial score (nSPS) is 28.4. The van der Waals surface area contributed by atoms with Crippen molar-refractivity contribution in [3.05, 3.63) is 35.4 Å². The van der Waals surface area contributed by atoms with Gasteiger partial charge in [-0.25, -0.2) is 0 Å². The van der Waals surface area contributed by atoms with Gasteiger partial charge in [-0.05, 0) is 35.3 Å². The molecule has 1 fully saturated rings. The Morgan fingerprint density at radius 3 is 2.32 bits per heavy atom. The highest BCUT2D eigenvalue weighted by Gasteiger charge is 2.37. The highest BCUT2D eigenvalue weighted by atomic mass is 14.8. The Labute approximate surface area is 118 Å². The van der Waals surface area contributed by atoms with E-state index in [1.54, 1.807) is 0 Å². The van der Waals surface area contributed by atoms with Crippen molar-refractivity contribution in [1.29, 1.82) is 0 Å². The molecule has 1 aliphatic carbocycles. The van der Waals surface area contributed by atoms with Crippen LogP contribution in [0.2, 0.25) is 0 Å². The molecule has 1 aliphatic rings. The van der Waals surface area contributed by atoms with Crippen LogP contribution in [0.15, 0.2) is 24.3 Å². The molecule has 19 heavy (non-hydrogen) atoms. The molecule has 0 saturated heterocycles. The molecule has 0 radical (unpaired) electrons. The van der Waals surface area contributed by atoms with Crippen molar-refractivity contribution >= 4 is 0 Å². The second-order valence-corrected chi connectivity index (χ2v) is 7.22. The Morgan fingerprint density at radius 1 is 1.16 bits per heavy atom. The van der Waals surface area contributed by atoms with Gasteiger partial charge in [-0.1, -0.05) is 71.2 Å². The molecular weight excluding hydrogens is 230 g/mol. The molecule has 0 amide bonds. The van der Waals surface area contributed by atoms with Crippen molar-refractivity contribution in [2.45, 2.75) is 70.8 Å². The molecule has 2 unspecified atom stereocenters. The molecule has 1 saturated carbocycles. The molecule has 106 valence electrons. The molecule has 0 heterocycles. The highest BCUT2D eigenvalue weighted by molar-refractivity contribution is 5.32. The van der Waals surface area contributed by atoms with Crippen LogP contribution in [0.1, 0.15) is 70.9 Å². The molecule has 0 bridgehead atoms. The van der Waals surface area contributed by atoms with Gasteiger partial charge in [0.05, 0.1) is 0 Å². The summed E-state index contributed by atoms with van der Waals surface area (Å²) in [5, 5.41) is 0. The molecular formula is C18H29N. The van der Waals surface area contributed by atoms with Crippen LogP contribution in [0.3, 0.4) is 0 Å². The second kappa shape index (κ2) is 5.28. The minimum atomic E-state index is -0.0938. The first kappa shape index (κ1) is 14.6.